The largest absolute Gasteiger partial charge is 0.378 e. The monoisotopic (exact) mass is 856 g/mol. The Morgan fingerprint density at radius 3 is 2.26 bits per heavy atom. The quantitative estimate of drug-likeness (QED) is 0.103. The van der Waals surface area contributed by atoms with Crippen molar-refractivity contribution in [3.05, 3.63) is 98.7 Å². The predicted octanol–water partition coefficient (Wildman–Crippen LogP) is 7.58. The number of aliphatic hydroxyl groups is 1. The van der Waals surface area contributed by atoms with Crippen molar-refractivity contribution in [3.63, 3.8) is 0 Å². The number of aromatic nitrogens is 5. The van der Waals surface area contributed by atoms with Crippen LogP contribution in [0.2, 0.25) is 5.02 Å². The standard InChI is InChI=1S/C38H33ClF8N6O4S/c1-36(2,55)9-8-23-4-5-25(26-6-7-27(39)29-28(18-58(48,56)57)50-52(3)33(26)29)31(49-23)20(12-19-13-21(40)16-22(41)14-19)15-24(54)17-53-34-30(32(51-53)35(42)43)37(44,45)10-11-38(34,46)47/h4-7,13-14,16,20,35,55H,10-12,15,17-18H2,1-3H3,(H2,48,56,57)/t20-/m1/s1. The van der Waals surface area contributed by atoms with Gasteiger partial charge < -0.3 is 5.11 Å². The molecule has 3 N–H and O–H groups in total. The van der Waals surface area contributed by atoms with Crippen molar-refractivity contribution in [2.45, 2.75) is 81.6 Å². The first-order chi connectivity index (χ1) is 26.8. The van der Waals surface area contributed by atoms with Gasteiger partial charge in [-0.3, -0.25) is 14.2 Å². The van der Waals surface area contributed by atoms with E-state index in [0.717, 1.165) is 12.1 Å². The normalized spacial score (nSPS) is 15.6. The van der Waals surface area contributed by atoms with Crippen LogP contribution in [0.3, 0.4) is 0 Å². The maximum atomic E-state index is 15.2. The number of fused-ring (bicyclic) bond motifs is 2. The lowest BCUT2D eigenvalue weighted by Crippen LogP contribution is -2.33. The number of rotatable bonds is 11. The lowest BCUT2D eigenvalue weighted by molar-refractivity contribution is -0.121. The van der Waals surface area contributed by atoms with Crippen molar-refractivity contribution in [1.29, 1.82) is 0 Å². The smallest absolute Gasteiger partial charge is 0.290 e. The van der Waals surface area contributed by atoms with Crippen molar-refractivity contribution in [1.82, 2.24) is 24.5 Å². The Morgan fingerprint density at radius 2 is 1.64 bits per heavy atom. The van der Waals surface area contributed by atoms with Gasteiger partial charge in [-0.05, 0) is 62.1 Å². The minimum atomic E-state index is -4.12. The van der Waals surface area contributed by atoms with Crippen LogP contribution in [-0.4, -0.2) is 49.5 Å². The van der Waals surface area contributed by atoms with Gasteiger partial charge in [0.2, 0.25) is 10.0 Å². The molecule has 0 unspecified atom stereocenters. The number of primary sulfonamides is 1. The Bertz CT molecular complexity index is 2610. The van der Waals surface area contributed by atoms with Crippen LogP contribution < -0.4 is 5.14 Å². The van der Waals surface area contributed by atoms with Crippen LogP contribution in [0.1, 0.15) is 85.0 Å². The highest BCUT2D eigenvalue weighted by Crippen LogP contribution is 2.52. The number of halogens is 9. The first kappa shape index (κ1) is 42.7. The fraction of sp³-hybridized carbons (Fsp3) is 0.368. The van der Waals surface area contributed by atoms with Crippen molar-refractivity contribution >= 4 is 38.3 Å². The summed E-state index contributed by atoms with van der Waals surface area (Å²) < 4.78 is 143. The average molecular weight is 857 g/mol. The zero-order valence-electron chi connectivity index (χ0n) is 30.7. The summed E-state index contributed by atoms with van der Waals surface area (Å²) in [6.07, 6.45) is -7.60. The summed E-state index contributed by atoms with van der Waals surface area (Å²) in [7, 11) is -2.63. The molecule has 6 rings (SSSR count). The molecule has 58 heavy (non-hydrogen) atoms. The minimum absolute atomic E-state index is 0.00381. The van der Waals surface area contributed by atoms with E-state index in [1.54, 1.807) is 0 Å². The van der Waals surface area contributed by atoms with Gasteiger partial charge in [-0.15, -0.1) is 0 Å². The summed E-state index contributed by atoms with van der Waals surface area (Å²) in [5.41, 5.74) is -5.47. The zero-order chi connectivity index (χ0) is 42.7. The van der Waals surface area contributed by atoms with E-state index in [2.05, 4.69) is 27.0 Å². The topological polar surface area (TPSA) is 146 Å². The molecule has 5 aromatic rings. The van der Waals surface area contributed by atoms with Gasteiger partial charge in [0, 0.05) is 54.8 Å². The second kappa shape index (κ2) is 15.4. The number of sulfonamides is 1. The second-order valence-electron chi connectivity index (χ2n) is 14.5. The van der Waals surface area contributed by atoms with Crippen molar-refractivity contribution < 1.29 is 53.4 Å². The summed E-state index contributed by atoms with van der Waals surface area (Å²) in [5, 5.41) is 23.6. The third kappa shape index (κ3) is 9.04. The lowest BCUT2D eigenvalue weighted by atomic mass is 9.86. The molecule has 0 saturated carbocycles. The number of alkyl halides is 6. The van der Waals surface area contributed by atoms with E-state index in [1.165, 1.54) is 49.8 Å². The third-order valence-corrected chi connectivity index (χ3v) is 10.3. The number of carbonyl (C=O) groups is 1. The van der Waals surface area contributed by atoms with Gasteiger partial charge in [0.15, 0.2) is 5.78 Å². The Kier molecular flexibility index (Phi) is 11.3. The molecule has 3 aromatic heterocycles. The highest BCUT2D eigenvalue weighted by molar-refractivity contribution is 7.88. The van der Waals surface area contributed by atoms with E-state index in [0.29, 0.717) is 11.6 Å². The molecule has 0 amide bonds. The molecule has 0 saturated heterocycles. The van der Waals surface area contributed by atoms with Crippen LogP contribution in [0, 0.1) is 23.5 Å². The molecule has 10 nitrogen and oxygen atoms in total. The molecule has 308 valence electrons. The fourth-order valence-electron chi connectivity index (χ4n) is 7.09. The second-order valence-corrected chi connectivity index (χ2v) is 16.6. The van der Waals surface area contributed by atoms with Crippen LogP contribution in [0.5, 0.6) is 0 Å². The van der Waals surface area contributed by atoms with E-state index in [9.17, 15) is 44.7 Å². The van der Waals surface area contributed by atoms with Crippen molar-refractivity contribution in [3.8, 4) is 23.0 Å². The summed E-state index contributed by atoms with van der Waals surface area (Å²) in [6, 6.07) is 8.46. The average Bonchev–Trinajstić information content (AvgIpc) is 3.64. The van der Waals surface area contributed by atoms with Gasteiger partial charge in [-0.1, -0.05) is 23.6 Å². The molecule has 0 bridgehead atoms. The molecule has 0 aliphatic heterocycles. The summed E-state index contributed by atoms with van der Waals surface area (Å²) in [5.74, 6) is -7.74. The molecule has 20 heteroatoms. The number of aryl methyl sites for hydroxylation is 1. The van der Waals surface area contributed by atoms with Crippen LogP contribution >= 0.6 is 11.6 Å². The van der Waals surface area contributed by atoms with E-state index < -0.39 is 106 Å². The molecule has 0 radical (unpaired) electrons. The summed E-state index contributed by atoms with van der Waals surface area (Å²) >= 11 is 6.55. The number of Topliss-reactive ketones (excluding diaryl/α,β-unsaturated/α-hetero) is 1. The molecular weight excluding hydrogens is 824 g/mol. The number of nitrogens with zero attached hydrogens (tertiary/aromatic N) is 5. The molecule has 0 spiro atoms. The summed E-state index contributed by atoms with van der Waals surface area (Å²) in [4.78, 5) is 18.7. The first-order valence-corrected chi connectivity index (χ1v) is 19.5. The Morgan fingerprint density at radius 1 is 1.00 bits per heavy atom. The molecule has 1 aliphatic carbocycles. The first-order valence-electron chi connectivity index (χ1n) is 17.4. The van der Waals surface area contributed by atoms with E-state index >= 15 is 8.78 Å². The summed E-state index contributed by atoms with van der Waals surface area (Å²) in [6.45, 7) is 1.62. The fourth-order valence-corrected chi connectivity index (χ4v) is 7.93. The minimum Gasteiger partial charge on any atom is -0.378 e. The zero-order valence-corrected chi connectivity index (χ0v) is 32.3. The molecule has 1 aliphatic rings. The van der Waals surface area contributed by atoms with E-state index in [-0.39, 0.29) is 55.2 Å². The molecule has 3 heterocycles. The van der Waals surface area contributed by atoms with Gasteiger partial charge in [-0.25, -0.2) is 44.9 Å². The lowest BCUT2D eigenvalue weighted by Gasteiger charge is -2.29. The van der Waals surface area contributed by atoms with Gasteiger partial charge in [0.05, 0.1) is 27.5 Å². The Hall–Kier alpha value is -4.90. The highest BCUT2D eigenvalue weighted by atomic mass is 35.5. The number of hydrogen-bond acceptors (Lipinski definition) is 7. The van der Waals surface area contributed by atoms with Crippen LogP contribution in [0.15, 0.2) is 42.5 Å². The van der Waals surface area contributed by atoms with Crippen molar-refractivity contribution in [2.24, 2.45) is 12.2 Å². The number of ketones is 1. The van der Waals surface area contributed by atoms with Crippen molar-refractivity contribution in [2.75, 3.05) is 0 Å². The van der Waals surface area contributed by atoms with E-state index in [4.69, 9.17) is 16.7 Å². The van der Waals surface area contributed by atoms with Crippen LogP contribution in [0.4, 0.5) is 35.1 Å². The van der Waals surface area contributed by atoms with Gasteiger partial charge in [0.25, 0.3) is 18.3 Å². The number of hydrogen-bond donors (Lipinski definition) is 2. The molecule has 0 fully saturated rings. The Labute approximate surface area is 331 Å². The predicted molar refractivity (Wildman–Crippen MR) is 196 cm³/mol. The highest BCUT2D eigenvalue weighted by Gasteiger charge is 2.55. The number of benzene rings is 2. The van der Waals surface area contributed by atoms with Crippen LogP contribution in [-0.2, 0) is 52.4 Å². The number of nitrogens with two attached hydrogens (primary N) is 1. The van der Waals surface area contributed by atoms with Crippen LogP contribution in [0.25, 0.3) is 22.0 Å². The van der Waals surface area contributed by atoms with E-state index in [1.807, 2.05) is 0 Å². The SMILES string of the molecule is Cn1nc(CS(N)(=O)=O)c2c(Cl)ccc(-c3ccc(C#CC(C)(C)O)nc3[C@@H](CC(=O)Cn3nc(C(F)F)c4c3C(F)(F)CCC4(F)F)Cc3cc(F)cc(F)c3)c21. The molecular formula is C38H33ClF8N6O4S. The maximum Gasteiger partial charge on any atom is 0.290 e. The van der Waals surface area contributed by atoms with Gasteiger partial charge >= 0.3 is 0 Å². The number of carbonyl (C=O) groups excluding carboxylic acids is 1. The van der Waals surface area contributed by atoms with Gasteiger partial charge in [-0.2, -0.15) is 19.0 Å². The molecule has 2 aromatic carbocycles. The third-order valence-electron chi connectivity index (χ3n) is 9.30. The van der Waals surface area contributed by atoms with Gasteiger partial charge in [0.1, 0.15) is 46.6 Å². The molecule has 1 atom stereocenters. The number of pyridine rings is 1. The Balaban J connectivity index is 1.55. The maximum absolute atomic E-state index is 15.2.